The summed E-state index contributed by atoms with van der Waals surface area (Å²) >= 11 is 0. The van der Waals surface area contributed by atoms with Gasteiger partial charge < -0.3 is 11.1 Å². The van der Waals surface area contributed by atoms with Crippen LogP contribution in [0.15, 0.2) is 83.8 Å². The summed E-state index contributed by atoms with van der Waals surface area (Å²) in [7, 11) is -3.49. The molecule has 0 spiro atoms. The fraction of sp³-hybridized carbons (Fsp3) is 0.200. The maximum atomic E-state index is 12.8. The fourth-order valence-corrected chi connectivity index (χ4v) is 5.30. The van der Waals surface area contributed by atoms with E-state index in [1.807, 2.05) is 18.2 Å². The van der Waals surface area contributed by atoms with Gasteiger partial charge in [-0.25, -0.2) is 8.42 Å². The first-order valence-electron chi connectivity index (χ1n) is 10.9. The smallest absolute Gasteiger partial charge is 0.255 e. The fourth-order valence-electron chi connectivity index (χ4n) is 3.86. The Labute approximate surface area is 199 Å². The molecule has 1 aliphatic heterocycles. The summed E-state index contributed by atoms with van der Waals surface area (Å²) in [6.45, 7) is 2.66. The first-order valence-corrected chi connectivity index (χ1v) is 12.3. The first-order chi connectivity index (χ1) is 16.3. The Balaban J connectivity index is 1.35. The van der Waals surface area contributed by atoms with Crippen LogP contribution < -0.4 is 11.1 Å². The zero-order valence-corrected chi connectivity index (χ0v) is 19.4. The Morgan fingerprint density at radius 1 is 0.824 bits per heavy atom. The summed E-state index contributed by atoms with van der Waals surface area (Å²) in [5.74, 6) is -0.781. The van der Waals surface area contributed by atoms with Crippen molar-refractivity contribution >= 4 is 27.5 Å². The number of carbonyl (C=O) groups is 2. The van der Waals surface area contributed by atoms with Gasteiger partial charge in [0.1, 0.15) is 0 Å². The molecule has 0 unspecified atom stereocenters. The highest BCUT2D eigenvalue weighted by molar-refractivity contribution is 7.89. The molecule has 0 aliphatic carbocycles. The van der Waals surface area contributed by atoms with Crippen molar-refractivity contribution in [1.29, 1.82) is 0 Å². The van der Waals surface area contributed by atoms with E-state index in [-0.39, 0.29) is 5.91 Å². The maximum Gasteiger partial charge on any atom is 0.255 e. The summed E-state index contributed by atoms with van der Waals surface area (Å²) in [6.07, 6.45) is 0. The molecule has 3 N–H and O–H groups in total. The van der Waals surface area contributed by atoms with E-state index in [9.17, 15) is 18.0 Å². The van der Waals surface area contributed by atoms with Gasteiger partial charge in [-0.15, -0.1) is 0 Å². The van der Waals surface area contributed by atoms with Crippen LogP contribution in [0.2, 0.25) is 0 Å². The van der Waals surface area contributed by atoms with E-state index >= 15 is 0 Å². The molecule has 4 rings (SSSR count). The van der Waals surface area contributed by atoms with E-state index < -0.39 is 15.9 Å². The summed E-state index contributed by atoms with van der Waals surface area (Å²) in [4.78, 5) is 26.4. The van der Waals surface area contributed by atoms with Crippen molar-refractivity contribution < 1.29 is 18.0 Å². The summed E-state index contributed by atoms with van der Waals surface area (Å²) in [5, 5.41) is 2.82. The summed E-state index contributed by atoms with van der Waals surface area (Å²) in [5.41, 5.74) is 7.66. The highest BCUT2D eigenvalue weighted by Crippen LogP contribution is 2.19. The van der Waals surface area contributed by atoms with Crippen molar-refractivity contribution in [2.75, 3.05) is 31.5 Å². The van der Waals surface area contributed by atoms with E-state index in [4.69, 9.17) is 5.73 Å². The van der Waals surface area contributed by atoms with Crippen LogP contribution in [0.1, 0.15) is 26.3 Å². The normalized spacial score (nSPS) is 15.1. The first kappa shape index (κ1) is 23.6. The van der Waals surface area contributed by atoms with E-state index in [1.54, 1.807) is 60.7 Å². The molecule has 3 aromatic carbocycles. The number of hydrogen-bond acceptors (Lipinski definition) is 5. The lowest BCUT2D eigenvalue weighted by molar-refractivity contribution is 0.0998. The molecule has 1 aliphatic rings. The minimum Gasteiger partial charge on any atom is -0.366 e. The molecule has 3 aromatic rings. The van der Waals surface area contributed by atoms with Gasteiger partial charge in [-0.2, -0.15) is 4.31 Å². The second kappa shape index (κ2) is 10.2. The Hall–Kier alpha value is -3.53. The van der Waals surface area contributed by atoms with Crippen LogP contribution in [0, 0.1) is 0 Å². The molecular formula is C25H26N4O4S. The molecule has 2 amide bonds. The summed E-state index contributed by atoms with van der Waals surface area (Å²) in [6, 6.07) is 22.2. The predicted molar refractivity (Wildman–Crippen MR) is 130 cm³/mol. The molecule has 1 heterocycles. The maximum absolute atomic E-state index is 12.8. The van der Waals surface area contributed by atoms with Crippen LogP contribution in [0.25, 0.3) is 0 Å². The van der Waals surface area contributed by atoms with Crippen LogP contribution in [-0.2, 0) is 16.6 Å². The number of benzene rings is 3. The number of nitrogens with zero attached hydrogens (tertiary/aromatic N) is 2. The second-order valence-corrected chi connectivity index (χ2v) is 10.0. The van der Waals surface area contributed by atoms with Crippen LogP contribution >= 0.6 is 0 Å². The van der Waals surface area contributed by atoms with Crippen LogP contribution in [0.4, 0.5) is 5.69 Å². The minimum absolute atomic E-state index is 0.257. The van der Waals surface area contributed by atoms with Crippen molar-refractivity contribution in [1.82, 2.24) is 9.21 Å². The summed E-state index contributed by atoms with van der Waals surface area (Å²) < 4.78 is 27.1. The molecule has 0 atom stereocenters. The standard InChI is InChI=1S/C25H26N4O4S/c26-24(30)20-9-11-22(12-10-20)27-25(31)21-6-4-5-19(17-21)18-28-13-15-29(16-14-28)34(32,33)23-7-2-1-3-8-23/h1-12,17H,13-16,18H2,(H2,26,30)(H,27,31). The molecule has 0 saturated carbocycles. The number of nitrogens with two attached hydrogens (primary N) is 1. The van der Waals surface area contributed by atoms with E-state index in [2.05, 4.69) is 10.2 Å². The highest BCUT2D eigenvalue weighted by Gasteiger charge is 2.28. The van der Waals surface area contributed by atoms with E-state index in [1.165, 1.54) is 4.31 Å². The van der Waals surface area contributed by atoms with Gasteiger partial charge >= 0.3 is 0 Å². The molecule has 34 heavy (non-hydrogen) atoms. The van der Waals surface area contributed by atoms with Crippen molar-refractivity contribution in [3.63, 3.8) is 0 Å². The lowest BCUT2D eigenvalue weighted by Crippen LogP contribution is -2.48. The number of hydrogen-bond donors (Lipinski definition) is 2. The van der Waals surface area contributed by atoms with Gasteiger partial charge in [-0.1, -0.05) is 30.3 Å². The van der Waals surface area contributed by atoms with Gasteiger partial charge in [0.05, 0.1) is 4.90 Å². The van der Waals surface area contributed by atoms with Gasteiger partial charge in [-0.3, -0.25) is 14.5 Å². The molecule has 0 bridgehead atoms. The predicted octanol–water partition coefficient (Wildman–Crippen LogP) is 2.54. The van der Waals surface area contributed by atoms with Gasteiger partial charge in [0.2, 0.25) is 15.9 Å². The van der Waals surface area contributed by atoms with Crippen molar-refractivity contribution in [2.45, 2.75) is 11.4 Å². The van der Waals surface area contributed by atoms with Crippen molar-refractivity contribution in [3.8, 4) is 0 Å². The number of carbonyl (C=O) groups excluding carboxylic acids is 2. The molecule has 8 nitrogen and oxygen atoms in total. The number of nitrogens with one attached hydrogen (secondary N) is 1. The van der Waals surface area contributed by atoms with Gasteiger partial charge in [-0.05, 0) is 54.1 Å². The zero-order chi connectivity index (χ0) is 24.1. The van der Waals surface area contributed by atoms with Crippen LogP contribution in [0.3, 0.4) is 0 Å². The molecule has 1 saturated heterocycles. The number of amides is 2. The number of sulfonamides is 1. The van der Waals surface area contributed by atoms with E-state index in [0.717, 1.165) is 5.56 Å². The molecule has 0 radical (unpaired) electrons. The molecule has 0 aromatic heterocycles. The van der Waals surface area contributed by atoms with Crippen LogP contribution in [-0.4, -0.2) is 55.6 Å². The lowest BCUT2D eigenvalue weighted by atomic mass is 10.1. The molecular weight excluding hydrogens is 452 g/mol. The molecule has 9 heteroatoms. The largest absolute Gasteiger partial charge is 0.366 e. The SMILES string of the molecule is NC(=O)c1ccc(NC(=O)c2cccc(CN3CCN(S(=O)(=O)c4ccccc4)CC3)c2)cc1. The lowest BCUT2D eigenvalue weighted by Gasteiger charge is -2.34. The topological polar surface area (TPSA) is 113 Å². The third-order valence-corrected chi connectivity index (χ3v) is 7.65. The van der Waals surface area contributed by atoms with E-state index in [0.29, 0.717) is 54.4 Å². The average molecular weight is 479 g/mol. The molecule has 1 fully saturated rings. The van der Waals surface area contributed by atoms with Gasteiger partial charge in [0.25, 0.3) is 5.91 Å². The highest BCUT2D eigenvalue weighted by atomic mass is 32.2. The average Bonchev–Trinajstić information content (AvgIpc) is 2.85. The zero-order valence-electron chi connectivity index (χ0n) is 18.6. The third-order valence-electron chi connectivity index (χ3n) is 5.73. The number of piperazine rings is 1. The minimum atomic E-state index is -3.49. The molecule has 176 valence electrons. The van der Waals surface area contributed by atoms with Gasteiger partial charge in [0, 0.05) is 49.5 Å². The van der Waals surface area contributed by atoms with Gasteiger partial charge in [0.15, 0.2) is 0 Å². The quantitative estimate of drug-likeness (QED) is 0.542. The Morgan fingerprint density at radius 3 is 2.15 bits per heavy atom. The number of rotatable bonds is 7. The number of anilines is 1. The number of primary amides is 1. The Kier molecular flexibility index (Phi) is 7.06. The van der Waals surface area contributed by atoms with Crippen molar-refractivity contribution in [3.05, 3.63) is 95.6 Å². The monoisotopic (exact) mass is 478 g/mol. The third kappa shape index (κ3) is 5.51. The Bertz CT molecular complexity index is 1270. The second-order valence-electron chi connectivity index (χ2n) is 8.09. The Morgan fingerprint density at radius 2 is 1.50 bits per heavy atom. The van der Waals surface area contributed by atoms with Crippen molar-refractivity contribution in [2.24, 2.45) is 5.73 Å². The van der Waals surface area contributed by atoms with Crippen LogP contribution in [0.5, 0.6) is 0 Å².